The van der Waals surface area contributed by atoms with Crippen molar-refractivity contribution in [1.82, 2.24) is 0 Å². The minimum absolute atomic E-state index is 0.00820. The molecule has 0 amide bonds. The molecule has 4 aliphatic carbocycles. The van der Waals surface area contributed by atoms with Crippen LogP contribution in [-0.4, -0.2) is 6.71 Å². The molecule has 298 valence electrons. The van der Waals surface area contributed by atoms with E-state index in [0.717, 1.165) is 40.8 Å². The Morgan fingerprint density at radius 2 is 1.14 bits per heavy atom. The van der Waals surface area contributed by atoms with Gasteiger partial charge in [0.25, 0.3) is 6.71 Å². The van der Waals surface area contributed by atoms with Gasteiger partial charge in [0.1, 0.15) is 5.58 Å². The Kier molecular flexibility index (Phi) is 7.77. The van der Waals surface area contributed by atoms with Crippen LogP contribution in [0.2, 0.25) is 0 Å². The highest BCUT2D eigenvalue weighted by Gasteiger charge is 2.48. The SMILES string of the molecule is Cc1cc2c3c(c1)N(c1ccc(C(C)(C)C)cc1)c1c(oc4ccc(C(C)(C)C)cc14)B3c1cc(C3CC4CCC3C4)ccc1N2c1ccc(C2CC3CCC2C3)cc1. The van der Waals surface area contributed by atoms with E-state index in [1.54, 1.807) is 5.56 Å². The first-order chi connectivity index (χ1) is 28.4. The van der Waals surface area contributed by atoms with Crippen LogP contribution in [-0.2, 0) is 10.8 Å². The Hall–Kier alpha value is -4.70. The molecule has 0 N–H and O–H groups in total. The molecular formula is C55H59BN2O. The van der Waals surface area contributed by atoms with Gasteiger partial charge in [-0.3, -0.25) is 0 Å². The molecule has 3 heterocycles. The lowest BCUT2D eigenvalue weighted by molar-refractivity contribution is 0.420. The lowest BCUT2D eigenvalue weighted by Gasteiger charge is -2.43. The second kappa shape index (κ2) is 12.7. The Morgan fingerprint density at radius 1 is 0.559 bits per heavy atom. The van der Waals surface area contributed by atoms with Crippen LogP contribution in [0.1, 0.15) is 133 Å². The number of hydrogen-bond donors (Lipinski definition) is 0. The fourth-order valence-corrected chi connectivity index (χ4v) is 13.2. The summed E-state index contributed by atoms with van der Waals surface area (Å²) in [6.45, 7) is 16.2. The summed E-state index contributed by atoms with van der Waals surface area (Å²) in [7, 11) is 0. The quantitative estimate of drug-likeness (QED) is 0.166. The van der Waals surface area contributed by atoms with Gasteiger partial charge in [-0.2, -0.15) is 0 Å². The molecule has 4 fully saturated rings. The molecule has 6 aromatic rings. The van der Waals surface area contributed by atoms with Crippen LogP contribution < -0.4 is 26.4 Å². The Labute approximate surface area is 352 Å². The van der Waals surface area contributed by atoms with Crippen LogP contribution in [0.25, 0.3) is 11.0 Å². The molecular weight excluding hydrogens is 715 g/mol. The Bertz CT molecular complexity index is 2660. The summed E-state index contributed by atoms with van der Waals surface area (Å²) in [6, 6.07) is 38.7. The first-order valence-corrected chi connectivity index (χ1v) is 23.0. The van der Waals surface area contributed by atoms with Crippen molar-refractivity contribution < 1.29 is 4.42 Å². The predicted octanol–water partition coefficient (Wildman–Crippen LogP) is 13.2. The number of benzene rings is 5. The number of anilines is 6. The second-order valence-corrected chi connectivity index (χ2v) is 21.9. The van der Waals surface area contributed by atoms with Crippen molar-refractivity contribution in [3.63, 3.8) is 0 Å². The van der Waals surface area contributed by atoms with Gasteiger partial charge in [-0.05, 0) is 185 Å². The third-order valence-electron chi connectivity index (χ3n) is 16.2. The van der Waals surface area contributed by atoms with E-state index in [1.807, 2.05) is 0 Å². The molecule has 12 rings (SSSR count). The number of hydrogen-bond acceptors (Lipinski definition) is 3. The largest absolute Gasteiger partial charge is 0.468 e. The molecule has 0 radical (unpaired) electrons. The highest BCUT2D eigenvalue weighted by molar-refractivity contribution is 7.00. The lowest BCUT2D eigenvalue weighted by Crippen LogP contribution is -2.61. The Morgan fingerprint density at radius 3 is 1.75 bits per heavy atom. The summed E-state index contributed by atoms with van der Waals surface area (Å²) >= 11 is 0. The number of rotatable bonds is 4. The van der Waals surface area contributed by atoms with Crippen LogP contribution in [0.15, 0.2) is 101 Å². The van der Waals surface area contributed by atoms with Crippen molar-refractivity contribution in [2.75, 3.05) is 9.80 Å². The molecule has 3 nitrogen and oxygen atoms in total. The zero-order valence-electron chi connectivity index (χ0n) is 36.2. The summed E-state index contributed by atoms with van der Waals surface area (Å²) in [6.07, 6.45) is 11.2. The van der Waals surface area contributed by atoms with E-state index in [2.05, 4.69) is 155 Å². The minimum atomic E-state index is -0.0238. The third-order valence-corrected chi connectivity index (χ3v) is 16.2. The fraction of sp³-hybridized carbons (Fsp3) is 0.418. The molecule has 1 aromatic heterocycles. The van der Waals surface area contributed by atoms with Crippen LogP contribution in [0.3, 0.4) is 0 Å². The average Bonchev–Trinajstić information content (AvgIpc) is 4.08. The van der Waals surface area contributed by atoms with Crippen molar-refractivity contribution in [2.45, 2.75) is 122 Å². The van der Waals surface area contributed by atoms with Crippen molar-refractivity contribution in [1.29, 1.82) is 0 Å². The summed E-state index contributed by atoms with van der Waals surface area (Å²) in [5.41, 5.74) is 19.3. The van der Waals surface area contributed by atoms with E-state index >= 15 is 0 Å². The molecule has 59 heavy (non-hydrogen) atoms. The van der Waals surface area contributed by atoms with Crippen molar-refractivity contribution in [3.05, 3.63) is 125 Å². The average molecular weight is 775 g/mol. The third kappa shape index (κ3) is 5.53. The van der Waals surface area contributed by atoms with Crippen molar-refractivity contribution in [2.24, 2.45) is 23.7 Å². The molecule has 5 aromatic carbocycles. The smallest absolute Gasteiger partial charge is 0.297 e. The van der Waals surface area contributed by atoms with E-state index in [4.69, 9.17) is 4.42 Å². The summed E-state index contributed by atoms with van der Waals surface area (Å²) in [4.78, 5) is 5.17. The standard InChI is InChI=1S/C55H59BN2O/c1-32-24-48-51-49(25-32)58(42-20-15-39(16-21-42)54(2,3)4)52-45-31-40(55(5,6)7)17-23-50(45)59-53(52)56(51)46-30-38(44-29-34-9-11-37(44)27-34)14-22-47(46)57(48)41-18-12-35(13-19-41)43-28-33-8-10-36(43)26-33/h12-25,30-31,33-34,36-37,43-44H,8-11,26-29H2,1-7H3. The van der Waals surface area contributed by atoms with Gasteiger partial charge in [0.15, 0.2) is 0 Å². The molecule has 4 saturated carbocycles. The maximum Gasteiger partial charge on any atom is 0.297 e. The van der Waals surface area contributed by atoms with E-state index in [1.165, 1.54) is 124 Å². The van der Waals surface area contributed by atoms with Crippen molar-refractivity contribution >= 4 is 68.4 Å². The normalized spacial score (nSPS) is 25.2. The number of nitrogens with zero attached hydrogens (tertiary/aromatic N) is 2. The predicted molar refractivity (Wildman–Crippen MR) is 249 cm³/mol. The molecule has 6 atom stereocenters. The van der Waals surface area contributed by atoms with Gasteiger partial charge in [0, 0.05) is 33.8 Å². The minimum Gasteiger partial charge on any atom is -0.468 e. The molecule has 6 unspecified atom stereocenters. The van der Waals surface area contributed by atoms with Gasteiger partial charge in [-0.25, -0.2) is 0 Å². The van der Waals surface area contributed by atoms with E-state index < -0.39 is 0 Å². The van der Waals surface area contributed by atoms with E-state index in [-0.39, 0.29) is 17.5 Å². The lowest BCUT2D eigenvalue weighted by atomic mass is 9.35. The zero-order valence-corrected chi connectivity index (χ0v) is 36.2. The topological polar surface area (TPSA) is 19.6 Å². The molecule has 2 aliphatic heterocycles. The van der Waals surface area contributed by atoms with Gasteiger partial charge < -0.3 is 14.2 Å². The van der Waals surface area contributed by atoms with E-state index in [9.17, 15) is 0 Å². The van der Waals surface area contributed by atoms with Crippen LogP contribution in [0.5, 0.6) is 0 Å². The summed E-state index contributed by atoms with van der Waals surface area (Å²) in [5.74, 6) is 4.90. The maximum absolute atomic E-state index is 7.32. The molecule has 4 bridgehead atoms. The van der Waals surface area contributed by atoms with E-state index in [0.29, 0.717) is 5.92 Å². The van der Waals surface area contributed by atoms with Crippen LogP contribution >= 0.6 is 0 Å². The molecule has 6 aliphatic rings. The van der Waals surface area contributed by atoms with Gasteiger partial charge in [0.05, 0.1) is 11.3 Å². The van der Waals surface area contributed by atoms with Crippen LogP contribution in [0, 0.1) is 30.6 Å². The number of aryl methyl sites for hydroxylation is 1. The first-order valence-electron chi connectivity index (χ1n) is 23.0. The molecule has 4 heteroatoms. The van der Waals surface area contributed by atoms with Crippen molar-refractivity contribution in [3.8, 4) is 0 Å². The number of fused-ring (bicyclic) bond motifs is 10. The van der Waals surface area contributed by atoms with Gasteiger partial charge in [-0.1, -0.05) is 96.8 Å². The number of furan rings is 1. The summed E-state index contributed by atoms with van der Waals surface area (Å²) in [5, 5.41) is 1.20. The highest BCUT2D eigenvalue weighted by atomic mass is 16.3. The Balaban J connectivity index is 1.10. The molecule has 0 spiro atoms. The highest BCUT2D eigenvalue weighted by Crippen LogP contribution is 2.55. The monoisotopic (exact) mass is 774 g/mol. The second-order valence-electron chi connectivity index (χ2n) is 21.9. The molecule has 0 saturated heterocycles. The van der Waals surface area contributed by atoms with Crippen LogP contribution in [0.4, 0.5) is 34.1 Å². The van der Waals surface area contributed by atoms with Gasteiger partial charge in [0.2, 0.25) is 0 Å². The van der Waals surface area contributed by atoms with Gasteiger partial charge in [-0.15, -0.1) is 0 Å². The summed E-state index contributed by atoms with van der Waals surface area (Å²) < 4.78 is 7.32. The fourth-order valence-electron chi connectivity index (χ4n) is 13.2. The first kappa shape index (κ1) is 36.2. The van der Waals surface area contributed by atoms with Gasteiger partial charge >= 0.3 is 0 Å². The maximum atomic E-state index is 7.32. The zero-order chi connectivity index (χ0) is 40.1.